The molecule has 0 spiro atoms. The van der Waals surface area contributed by atoms with Crippen molar-refractivity contribution in [1.82, 2.24) is 9.55 Å². The van der Waals surface area contributed by atoms with E-state index in [0.717, 1.165) is 4.83 Å². The van der Waals surface area contributed by atoms with Crippen LogP contribution < -0.4 is 5.56 Å². The second-order valence-electron chi connectivity index (χ2n) is 3.56. The summed E-state index contributed by atoms with van der Waals surface area (Å²) in [6.07, 6.45) is 2.41. The Balaban J connectivity index is 2.11. The Morgan fingerprint density at radius 1 is 1.59 bits per heavy atom. The molecule has 5 nitrogen and oxygen atoms in total. The second kappa shape index (κ2) is 5.09. The van der Waals surface area contributed by atoms with E-state index in [2.05, 4.69) is 9.72 Å². The Hall–Kier alpha value is -1.69. The molecule has 0 aliphatic rings. The third-order valence-electron chi connectivity index (χ3n) is 2.46. The molecule has 0 fully saturated rings. The number of hydrogen-bond acceptors (Lipinski definition) is 5. The number of thiophene rings is 1. The maximum Gasteiger partial charge on any atom is 0.305 e. The number of rotatable bonds is 4. The molecular weight excluding hydrogens is 240 g/mol. The van der Waals surface area contributed by atoms with Crippen molar-refractivity contribution in [2.24, 2.45) is 0 Å². The summed E-state index contributed by atoms with van der Waals surface area (Å²) in [5, 5.41) is 2.48. The summed E-state index contributed by atoms with van der Waals surface area (Å²) in [7, 11) is 1.35. The van der Waals surface area contributed by atoms with Crippen molar-refractivity contribution in [3.63, 3.8) is 0 Å². The zero-order valence-corrected chi connectivity index (χ0v) is 10.2. The molecule has 0 N–H and O–H groups in total. The van der Waals surface area contributed by atoms with Gasteiger partial charge in [-0.2, -0.15) is 0 Å². The van der Waals surface area contributed by atoms with Crippen molar-refractivity contribution in [1.29, 1.82) is 0 Å². The minimum Gasteiger partial charge on any atom is -0.469 e. The molecule has 0 aliphatic heterocycles. The number of aromatic nitrogens is 2. The standard InChI is InChI=1S/C11H12N2O3S/c1-16-9(14)3-2-5-13-7-12-10-8(11(13)15)4-6-17-10/h4,6-7H,2-3,5H2,1H3. The normalized spacial score (nSPS) is 10.6. The minimum atomic E-state index is -0.261. The van der Waals surface area contributed by atoms with Crippen LogP contribution >= 0.6 is 11.3 Å². The van der Waals surface area contributed by atoms with E-state index in [1.54, 1.807) is 6.07 Å². The Kier molecular flexibility index (Phi) is 3.53. The van der Waals surface area contributed by atoms with Crippen molar-refractivity contribution >= 4 is 27.5 Å². The fourth-order valence-electron chi connectivity index (χ4n) is 1.55. The molecule has 17 heavy (non-hydrogen) atoms. The van der Waals surface area contributed by atoms with E-state index in [9.17, 15) is 9.59 Å². The van der Waals surface area contributed by atoms with Crippen LogP contribution in [0.5, 0.6) is 0 Å². The fraction of sp³-hybridized carbons (Fsp3) is 0.364. The van der Waals surface area contributed by atoms with Crippen molar-refractivity contribution in [2.75, 3.05) is 7.11 Å². The predicted octanol–water partition coefficient (Wildman–Crippen LogP) is 1.41. The zero-order chi connectivity index (χ0) is 12.3. The first-order valence-electron chi connectivity index (χ1n) is 5.22. The van der Waals surface area contributed by atoms with Crippen LogP contribution in [0.15, 0.2) is 22.6 Å². The fourth-order valence-corrected chi connectivity index (χ4v) is 2.27. The molecule has 90 valence electrons. The lowest BCUT2D eigenvalue weighted by molar-refractivity contribution is -0.140. The largest absolute Gasteiger partial charge is 0.469 e. The van der Waals surface area contributed by atoms with E-state index >= 15 is 0 Å². The van der Waals surface area contributed by atoms with Crippen LogP contribution in [0.4, 0.5) is 0 Å². The third-order valence-corrected chi connectivity index (χ3v) is 3.28. The first-order chi connectivity index (χ1) is 8.22. The highest BCUT2D eigenvalue weighted by molar-refractivity contribution is 7.16. The summed E-state index contributed by atoms with van der Waals surface area (Å²) in [5.74, 6) is -0.261. The molecule has 2 heterocycles. The predicted molar refractivity (Wildman–Crippen MR) is 65.1 cm³/mol. The molecule has 0 saturated heterocycles. The topological polar surface area (TPSA) is 61.2 Å². The summed E-state index contributed by atoms with van der Waals surface area (Å²) in [5.41, 5.74) is -0.0545. The lowest BCUT2D eigenvalue weighted by Crippen LogP contribution is -2.20. The number of carbonyl (C=O) groups excluding carboxylic acids is 1. The average molecular weight is 252 g/mol. The van der Waals surface area contributed by atoms with E-state index < -0.39 is 0 Å². The Labute approximate surface area is 102 Å². The highest BCUT2D eigenvalue weighted by atomic mass is 32.1. The van der Waals surface area contributed by atoms with Gasteiger partial charge in [0.1, 0.15) is 4.83 Å². The number of methoxy groups -OCH3 is 1. The van der Waals surface area contributed by atoms with Gasteiger partial charge in [0.05, 0.1) is 18.8 Å². The van der Waals surface area contributed by atoms with Gasteiger partial charge in [-0.05, 0) is 17.9 Å². The average Bonchev–Trinajstić information content (AvgIpc) is 2.81. The van der Waals surface area contributed by atoms with Crippen LogP contribution in [0.1, 0.15) is 12.8 Å². The molecule has 6 heteroatoms. The number of fused-ring (bicyclic) bond motifs is 1. The summed E-state index contributed by atoms with van der Waals surface area (Å²) in [6, 6.07) is 1.77. The molecule has 2 aromatic rings. The number of carbonyl (C=O) groups is 1. The van der Waals surface area contributed by atoms with Crippen LogP contribution in [0, 0.1) is 0 Å². The van der Waals surface area contributed by atoms with Gasteiger partial charge in [0.15, 0.2) is 0 Å². The maximum atomic E-state index is 11.9. The van der Waals surface area contributed by atoms with E-state index in [4.69, 9.17) is 0 Å². The second-order valence-corrected chi connectivity index (χ2v) is 4.46. The summed E-state index contributed by atoms with van der Waals surface area (Å²) < 4.78 is 6.06. The van der Waals surface area contributed by atoms with Crippen LogP contribution in [0.25, 0.3) is 10.2 Å². The van der Waals surface area contributed by atoms with Gasteiger partial charge in [-0.25, -0.2) is 4.98 Å². The number of aryl methyl sites for hydroxylation is 1. The molecule has 2 aromatic heterocycles. The molecular formula is C11H12N2O3S. The first-order valence-corrected chi connectivity index (χ1v) is 6.10. The quantitative estimate of drug-likeness (QED) is 0.772. The van der Waals surface area contributed by atoms with Gasteiger partial charge in [-0.3, -0.25) is 14.2 Å². The highest BCUT2D eigenvalue weighted by Crippen LogP contribution is 2.13. The van der Waals surface area contributed by atoms with Crippen LogP contribution in [0.2, 0.25) is 0 Å². The number of ether oxygens (including phenoxy) is 1. The van der Waals surface area contributed by atoms with Crippen molar-refractivity contribution in [2.45, 2.75) is 19.4 Å². The minimum absolute atomic E-state index is 0.0545. The van der Waals surface area contributed by atoms with Gasteiger partial charge in [0.2, 0.25) is 0 Å². The number of nitrogens with zero attached hydrogens (tertiary/aromatic N) is 2. The van der Waals surface area contributed by atoms with Gasteiger partial charge < -0.3 is 4.74 Å². The monoisotopic (exact) mass is 252 g/mol. The molecule has 0 aromatic carbocycles. The van der Waals surface area contributed by atoms with Crippen LogP contribution in [-0.2, 0) is 16.1 Å². The molecule has 0 bridgehead atoms. The van der Waals surface area contributed by atoms with Gasteiger partial charge in [-0.15, -0.1) is 11.3 Å². The van der Waals surface area contributed by atoms with E-state index in [-0.39, 0.29) is 11.5 Å². The lowest BCUT2D eigenvalue weighted by Gasteiger charge is -2.04. The van der Waals surface area contributed by atoms with Gasteiger partial charge in [0, 0.05) is 13.0 Å². The van der Waals surface area contributed by atoms with Crippen molar-refractivity contribution in [3.8, 4) is 0 Å². The summed E-state index contributed by atoms with van der Waals surface area (Å²) in [6.45, 7) is 0.479. The molecule has 0 radical (unpaired) electrons. The maximum absolute atomic E-state index is 11.9. The molecule has 0 aliphatic carbocycles. The number of hydrogen-bond donors (Lipinski definition) is 0. The first kappa shape index (κ1) is 11.8. The Morgan fingerprint density at radius 3 is 3.18 bits per heavy atom. The van der Waals surface area contributed by atoms with Gasteiger partial charge in [0.25, 0.3) is 5.56 Å². The van der Waals surface area contributed by atoms with E-state index in [0.29, 0.717) is 24.8 Å². The van der Waals surface area contributed by atoms with Gasteiger partial charge >= 0.3 is 5.97 Å². The SMILES string of the molecule is COC(=O)CCCn1cnc2sccc2c1=O. The lowest BCUT2D eigenvalue weighted by atomic mass is 10.3. The Bertz CT molecular complexity index is 588. The number of esters is 1. The third kappa shape index (κ3) is 2.52. The summed E-state index contributed by atoms with van der Waals surface area (Å²) in [4.78, 5) is 27.8. The molecule has 0 unspecified atom stereocenters. The molecule has 2 rings (SSSR count). The highest BCUT2D eigenvalue weighted by Gasteiger charge is 2.05. The van der Waals surface area contributed by atoms with Crippen molar-refractivity contribution < 1.29 is 9.53 Å². The molecule has 0 amide bonds. The smallest absolute Gasteiger partial charge is 0.305 e. The van der Waals surface area contributed by atoms with Gasteiger partial charge in [-0.1, -0.05) is 0 Å². The van der Waals surface area contributed by atoms with Crippen molar-refractivity contribution in [3.05, 3.63) is 28.1 Å². The molecule has 0 saturated carbocycles. The van der Waals surface area contributed by atoms with Crippen LogP contribution in [-0.4, -0.2) is 22.6 Å². The summed E-state index contributed by atoms with van der Waals surface area (Å²) >= 11 is 1.44. The zero-order valence-electron chi connectivity index (χ0n) is 9.38. The van der Waals surface area contributed by atoms with E-state index in [1.165, 1.54) is 29.3 Å². The van der Waals surface area contributed by atoms with Crippen LogP contribution in [0.3, 0.4) is 0 Å². The van der Waals surface area contributed by atoms with E-state index in [1.807, 2.05) is 5.38 Å². The molecule has 0 atom stereocenters. The Morgan fingerprint density at radius 2 is 2.41 bits per heavy atom.